The Morgan fingerprint density at radius 3 is 3.00 bits per heavy atom. The summed E-state index contributed by atoms with van der Waals surface area (Å²) in [6, 6.07) is 2.77. The molecule has 2 rings (SSSR count). The van der Waals surface area contributed by atoms with Crippen molar-refractivity contribution in [3.63, 3.8) is 0 Å². The van der Waals surface area contributed by atoms with Crippen molar-refractivity contribution < 1.29 is 4.74 Å². The number of thiophene rings is 1. The van der Waals surface area contributed by atoms with Crippen LogP contribution in [0.25, 0.3) is 0 Å². The summed E-state index contributed by atoms with van der Waals surface area (Å²) in [6.45, 7) is 8.41. The molecular weight excluding hydrogens is 232 g/mol. The predicted molar refractivity (Wildman–Crippen MR) is 72.7 cm³/mol. The van der Waals surface area contributed by atoms with E-state index in [0.717, 1.165) is 45.8 Å². The Morgan fingerprint density at radius 2 is 2.29 bits per heavy atom. The monoisotopic (exact) mass is 254 g/mol. The maximum atomic E-state index is 5.35. The van der Waals surface area contributed by atoms with E-state index in [4.69, 9.17) is 4.74 Å². The zero-order chi connectivity index (χ0) is 11.9. The van der Waals surface area contributed by atoms with Crippen molar-refractivity contribution in [3.05, 3.63) is 22.4 Å². The average Bonchev–Trinajstić information content (AvgIpc) is 2.83. The summed E-state index contributed by atoms with van der Waals surface area (Å²) in [5.41, 5.74) is 1.45. The topological polar surface area (TPSA) is 24.5 Å². The lowest BCUT2D eigenvalue weighted by atomic mass is 10.2. The first-order valence-electron chi connectivity index (χ1n) is 6.39. The molecule has 0 bridgehead atoms. The lowest BCUT2D eigenvalue weighted by Gasteiger charge is -2.29. The molecule has 96 valence electrons. The van der Waals surface area contributed by atoms with E-state index in [1.165, 1.54) is 5.56 Å². The number of hydrogen-bond acceptors (Lipinski definition) is 4. The van der Waals surface area contributed by atoms with E-state index in [2.05, 4.69) is 34.0 Å². The summed E-state index contributed by atoms with van der Waals surface area (Å²) in [5, 5.41) is 7.97. The molecule has 1 aliphatic heterocycles. The minimum absolute atomic E-state index is 0.562. The van der Waals surface area contributed by atoms with E-state index >= 15 is 0 Å². The van der Waals surface area contributed by atoms with Gasteiger partial charge in [-0.25, -0.2) is 0 Å². The molecule has 1 aromatic rings. The van der Waals surface area contributed by atoms with Gasteiger partial charge in [-0.15, -0.1) is 0 Å². The molecule has 1 unspecified atom stereocenters. The maximum absolute atomic E-state index is 5.35. The summed E-state index contributed by atoms with van der Waals surface area (Å²) in [7, 11) is 0. The summed E-state index contributed by atoms with van der Waals surface area (Å²) in [4.78, 5) is 2.48. The highest BCUT2D eigenvalue weighted by molar-refractivity contribution is 7.07. The first-order chi connectivity index (χ1) is 8.34. The smallest absolute Gasteiger partial charge is 0.0594 e. The molecule has 1 saturated heterocycles. The molecule has 3 nitrogen and oxygen atoms in total. The highest BCUT2D eigenvalue weighted by Crippen LogP contribution is 2.06. The molecule has 1 atom stereocenters. The van der Waals surface area contributed by atoms with Crippen LogP contribution in [0.2, 0.25) is 0 Å². The van der Waals surface area contributed by atoms with Gasteiger partial charge in [0.25, 0.3) is 0 Å². The van der Waals surface area contributed by atoms with E-state index in [-0.39, 0.29) is 0 Å². The predicted octanol–water partition coefficient (Wildman–Crippen LogP) is 1.60. The lowest BCUT2D eigenvalue weighted by Crippen LogP contribution is -2.44. The number of hydrogen-bond donors (Lipinski definition) is 1. The van der Waals surface area contributed by atoms with Crippen molar-refractivity contribution in [1.29, 1.82) is 0 Å². The third kappa shape index (κ3) is 4.76. The molecule has 0 saturated carbocycles. The molecule has 1 fully saturated rings. The maximum Gasteiger partial charge on any atom is 0.0594 e. The number of nitrogens with one attached hydrogen (secondary N) is 1. The Bertz CT molecular complexity index is 296. The van der Waals surface area contributed by atoms with Crippen molar-refractivity contribution in [2.75, 3.05) is 39.4 Å². The summed E-state index contributed by atoms with van der Waals surface area (Å²) in [5.74, 6) is 0. The number of rotatable bonds is 6. The van der Waals surface area contributed by atoms with Crippen LogP contribution in [0.4, 0.5) is 0 Å². The standard InChI is InChI=1S/C13H22N2OS/c1-12(10-15-5-7-16-8-6-15)14-4-2-13-3-9-17-11-13/h3,9,11-12,14H,2,4-8,10H2,1H3. The van der Waals surface area contributed by atoms with Gasteiger partial charge in [-0.2, -0.15) is 11.3 Å². The molecule has 0 aliphatic carbocycles. The number of morpholine rings is 1. The normalized spacial score (nSPS) is 19.4. The van der Waals surface area contributed by atoms with Crippen molar-refractivity contribution >= 4 is 11.3 Å². The SMILES string of the molecule is CC(CN1CCOCC1)NCCc1ccsc1. The van der Waals surface area contributed by atoms with Crippen LogP contribution in [-0.4, -0.2) is 50.3 Å². The second-order valence-corrected chi connectivity index (χ2v) is 5.43. The van der Waals surface area contributed by atoms with Crippen LogP contribution < -0.4 is 5.32 Å². The lowest BCUT2D eigenvalue weighted by molar-refractivity contribution is 0.0344. The van der Waals surface area contributed by atoms with Gasteiger partial charge in [0, 0.05) is 25.7 Å². The van der Waals surface area contributed by atoms with Crippen molar-refractivity contribution in [3.8, 4) is 0 Å². The summed E-state index contributed by atoms with van der Waals surface area (Å²) >= 11 is 1.78. The zero-order valence-corrected chi connectivity index (χ0v) is 11.3. The van der Waals surface area contributed by atoms with Crippen molar-refractivity contribution in [1.82, 2.24) is 10.2 Å². The third-order valence-electron chi connectivity index (χ3n) is 3.12. The van der Waals surface area contributed by atoms with Gasteiger partial charge in [0.2, 0.25) is 0 Å². The fourth-order valence-corrected chi connectivity index (χ4v) is 2.84. The van der Waals surface area contributed by atoms with Gasteiger partial charge in [0.1, 0.15) is 0 Å². The van der Waals surface area contributed by atoms with Gasteiger partial charge < -0.3 is 10.1 Å². The van der Waals surface area contributed by atoms with Gasteiger partial charge in [-0.1, -0.05) is 0 Å². The molecule has 1 aromatic heterocycles. The molecule has 0 aromatic carbocycles. The number of ether oxygens (including phenoxy) is 1. The van der Waals surface area contributed by atoms with Crippen molar-refractivity contribution in [2.24, 2.45) is 0 Å². The molecule has 2 heterocycles. The van der Waals surface area contributed by atoms with E-state index in [0.29, 0.717) is 6.04 Å². The van der Waals surface area contributed by atoms with Gasteiger partial charge >= 0.3 is 0 Å². The molecule has 0 spiro atoms. The third-order valence-corrected chi connectivity index (χ3v) is 3.85. The first kappa shape index (κ1) is 13.0. The van der Waals surface area contributed by atoms with Gasteiger partial charge in [0.05, 0.1) is 13.2 Å². The second kappa shape index (κ2) is 7.11. The minimum atomic E-state index is 0.562. The van der Waals surface area contributed by atoms with Gasteiger partial charge in [-0.3, -0.25) is 4.90 Å². The summed E-state index contributed by atoms with van der Waals surface area (Å²) < 4.78 is 5.35. The number of nitrogens with zero attached hydrogens (tertiary/aromatic N) is 1. The molecular formula is C13H22N2OS. The van der Waals surface area contributed by atoms with Crippen LogP contribution >= 0.6 is 11.3 Å². The Balaban J connectivity index is 1.58. The molecule has 17 heavy (non-hydrogen) atoms. The average molecular weight is 254 g/mol. The van der Waals surface area contributed by atoms with Crippen LogP contribution in [0.1, 0.15) is 12.5 Å². The van der Waals surface area contributed by atoms with E-state index < -0.39 is 0 Å². The Labute approximate surface area is 108 Å². The van der Waals surface area contributed by atoms with Crippen LogP contribution in [0, 0.1) is 0 Å². The zero-order valence-electron chi connectivity index (χ0n) is 10.5. The first-order valence-corrected chi connectivity index (χ1v) is 7.33. The molecule has 0 amide bonds. The van der Waals surface area contributed by atoms with Crippen LogP contribution in [0.3, 0.4) is 0 Å². The second-order valence-electron chi connectivity index (χ2n) is 4.65. The van der Waals surface area contributed by atoms with E-state index in [9.17, 15) is 0 Å². The fraction of sp³-hybridized carbons (Fsp3) is 0.692. The Hall–Kier alpha value is -0.420. The van der Waals surface area contributed by atoms with Crippen LogP contribution in [0.15, 0.2) is 16.8 Å². The Kier molecular flexibility index (Phi) is 5.45. The highest BCUT2D eigenvalue weighted by Gasteiger charge is 2.12. The van der Waals surface area contributed by atoms with Crippen LogP contribution in [0.5, 0.6) is 0 Å². The molecule has 1 aliphatic rings. The van der Waals surface area contributed by atoms with E-state index in [1.54, 1.807) is 11.3 Å². The Morgan fingerprint density at radius 1 is 1.47 bits per heavy atom. The molecule has 0 radical (unpaired) electrons. The molecule has 1 N–H and O–H groups in total. The molecule has 4 heteroatoms. The van der Waals surface area contributed by atoms with Gasteiger partial charge in [-0.05, 0) is 42.3 Å². The van der Waals surface area contributed by atoms with Crippen molar-refractivity contribution in [2.45, 2.75) is 19.4 Å². The van der Waals surface area contributed by atoms with Gasteiger partial charge in [0.15, 0.2) is 0 Å². The van der Waals surface area contributed by atoms with E-state index in [1.807, 2.05) is 0 Å². The minimum Gasteiger partial charge on any atom is -0.379 e. The largest absolute Gasteiger partial charge is 0.379 e. The highest BCUT2D eigenvalue weighted by atomic mass is 32.1. The summed E-state index contributed by atoms with van der Waals surface area (Å²) in [6.07, 6.45) is 1.14. The quantitative estimate of drug-likeness (QED) is 0.834. The fourth-order valence-electron chi connectivity index (χ4n) is 2.13. The van der Waals surface area contributed by atoms with Crippen LogP contribution in [-0.2, 0) is 11.2 Å².